The van der Waals surface area contributed by atoms with Crippen LogP contribution in [0.2, 0.25) is 0 Å². The fraction of sp³-hybridized carbons (Fsp3) is 0.750. The number of carbonyl (C=O) groups is 2. The highest BCUT2D eigenvalue weighted by atomic mass is 32.2. The van der Waals surface area contributed by atoms with E-state index in [0.29, 0.717) is 17.7 Å². The van der Waals surface area contributed by atoms with Gasteiger partial charge in [-0.05, 0) is 32.9 Å². The van der Waals surface area contributed by atoms with Gasteiger partial charge < -0.3 is 20.6 Å². The van der Waals surface area contributed by atoms with Crippen molar-refractivity contribution in [1.82, 2.24) is 15.5 Å². The fourth-order valence-electron chi connectivity index (χ4n) is 3.81. The number of β-lactam (4-membered cyclic amide) rings is 1. The lowest BCUT2D eigenvalue weighted by atomic mass is 9.94. The SMILES string of the molecule is CNCCCC1CC(SC2=C(C(=O)O)N3C(=O)CC3C2C)CN1. The minimum atomic E-state index is -0.966. The summed E-state index contributed by atoms with van der Waals surface area (Å²) < 4.78 is 0. The molecule has 6 nitrogen and oxygen atoms in total. The number of nitrogens with zero attached hydrogens (tertiary/aromatic N) is 1. The molecule has 3 heterocycles. The van der Waals surface area contributed by atoms with Crippen molar-refractivity contribution < 1.29 is 14.7 Å². The summed E-state index contributed by atoms with van der Waals surface area (Å²) in [5.41, 5.74) is 0.238. The minimum absolute atomic E-state index is 0.0515. The first kappa shape index (κ1) is 16.8. The number of aliphatic carboxylic acids is 1. The Kier molecular flexibility index (Phi) is 4.98. The van der Waals surface area contributed by atoms with Gasteiger partial charge in [0.15, 0.2) is 0 Å². The second-order valence-corrected chi connectivity index (χ2v) is 8.01. The molecule has 128 valence electrons. The van der Waals surface area contributed by atoms with Gasteiger partial charge in [0.25, 0.3) is 0 Å². The van der Waals surface area contributed by atoms with Crippen LogP contribution < -0.4 is 10.6 Å². The third-order valence-electron chi connectivity index (χ3n) is 5.11. The Bertz CT molecular complexity index is 537. The Morgan fingerprint density at radius 3 is 2.96 bits per heavy atom. The van der Waals surface area contributed by atoms with Crippen LogP contribution >= 0.6 is 11.8 Å². The van der Waals surface area contributed by atoms with Gasteiger partial charge >= 0.3 is 5.97 Å². The molecule has 2 saturated heterocycles. The summed E-state index contributed by atoms with van der Waals surface area (Å²) in [4.78, 5) is 25.8. The van der Waals surface area contributed by atoms with Crippen molar-refractivity contribution in [2.24, 2.45) is 5.92 Å². The van der Waals surface area contributed by atoms with Gasteiger partial charge in [-0.15, -0.1) is 11.8 Å². The van der Waals surface area contributed by atoms with E-state index in [2.05, 4.69) is 17.6 Å². The molecular formula is C16H25N3O3S. The number of amides is 1. The molecule has 0 aromatic carbocycles. The second-order valence-electron chi connectivity index (χ2n) is 6.67. The minimum Gasteiger partial charge on any atom is -0.477 e. The van der Waals surface area contributed by atoms with Gasteiger partial charge in [-0.3, -0.25) is 4.79 Å². The van der Waals surface area contributed by atoms with E-state index in [9.17, 15) is 14.7 Å². The van der Waals surface area contributed by atoms with Crippen LogP contribution in [-0.2, 0) is 9.59 Å². The van der Waals surface area contributed by atoms with Crippen molar-refractivity contribution in [1.29, 1.82) is 0 Å². The molecule has 4 atom stereocenters. The predicted octanol–water partition coefficient (Wildman–Crippen LogP) is 0.997. The van der Waals surface area contributed by atoms with Crippen molar-refractivity contribution in [3.63, 3.8) is 0 Å². The molecule has 3 aliphatic heterocycles. The summed E-state index contributed by atoms with van der Waals surface area (Å²) in [7, 11) is 1.97. The molecule has 0 radical (unpaired) electrons. The van der Waals surface area contributed by atoms with E-state index in [4.69, 9.17) is 0 Å². The first-order chi connectivity index (χ1) is 11.0. The molecule has 2 fully saturated rings. The Morgan fingerprint density at radius 1 is 1.52 bits per heavy atom. The van der Waals surface area contributed by atoms with Crippen LogP contribution in [0.3, 0.4) is 0 Å². The zero-order valence-corrected chi connectivity index (χ0v) is 14.5. The van der Waals surface area contributed by atoms with Gasteiger partial charge in [-0.25, -0.2) is 4.79 Å². The molecule has 3 N–H and O–H groups in total. The van der Waals surface area contributed by atoms with Gasteiger partial charge in [0.2, 0.25) is 5.91 Å². The molecule has 4 unspecified atom stereocenters. The van der Waals surface area contributed by atoms with Gasteiger partial charge in [0, 0.05) is 35.1 Å². The van der Waals surface area contributed by atoms with Crippen molar-refractivity contribution in [2.45, 2.75) is 49.9 Å². The maximum absolute atomic E-state index is 11.8. The molecule has 0 bridgehead atoms. The lowest BCUT2D eigenvalue weighted by Gasteiger charge is -2.37. The maximum atomic E-state index is 11.8. The molecule has 1 amide bonds. The van der Waals surface area contributed by atoms with E-state index in [1.54, 1.807) is 11.8 Å². The molecule has 23 heavy (non-hydrogen) atoms. The zero-order valence-electron chi connectivity index (χ0n) is 13.7. The first-order valence-electron chi connectivity index (χ1n) is 8.37. The summed E-state index contributed by atoms with van der Waals surface area (Å²) >= 11 is 1.68. The lowest BCUT2D eigenvalue weighted by Crippen LogP contribution is -2.51. The monoisotopic (exact) mass is 339 g/mol. The maximum Gasteiger partial charge on any atom is 0.353 e. The second kappa shape index (κ2) is 6.83. The molecule has 0 aromatic rings. The summed E-state index contributed by atoms with van der Waals surface area (Å²) in [5, 5.41) is 16.6. The highest BCUT2D eigenvalue weighted by Crippen LogP contribution is 2.48. The number of carboxylic acid groups (broad SMARTS) is 1. The van der Waals surface area contributed by atoms with Crippen LogP contribution in [-0.4, -0.2) is 59.4 Å². The Morgan fingerprint density at radius 2 is 2.30 bits per heavy atom. The van der Waals surface area contributed by atoms with Crippen LogP contribution in [0.25, 0.3) is 0 Å². The van der Waals surface area contributed by atoms with Crippen molar-refractivity contribution >= 4 is 23.6 Å². The lowest BCUT2D eigenvalue weighted by molar-refractivity contribution is -0.148. The third kappa shape index (κ3) is 3.14. The highest BCUT2D eigenvalue weighted by Gasteiger charge is 2.52. The summed E-state index contributed by atoms with van der Waals surface area (Å²) in [5.74, 6) is -0.872. The van der Waals surface area contributed by atoms with E-state index >= 15 is 0 Å². The number of carboxylic acids is 1. The first-order valence-corrected chi connectivity index (χ1v) is 9.25. The number of hydrogen-bond donors (Lipinski definition) is 3. The molecule has 3 rings (SSSR count). The summed E-state index contributed by atoms with van der Waals surface area (Å²) in [6.07, 6.45) is 3.84. The Balaban J connectivity index is 1.63. The van der Waals surface area contributed by atoms with Crippen LogP contribution in [0, 0.1) is 5.92 Å². The number of fused-ring (bicyclic) bond motifs is 1. The average molecular weight is 339 g/mol. The van der Waals surface area contributed by atoms with Crippen LogP contribution in [0.4, 0.5) is 0 Å². The van der Waals surface area contributed by atoms with Crippen LogP contribution in [0.5, 0.6) is 0 Å². The topological polar surface area (TPSA) is 81.7 Å². The van der Waals surface area contributed by atoms with Gasteiger partial charge in [-0.2, -0.15) is 0 Å². The molecule has 0 saturated carbocycles. The normalized spacial score (nSPS) is 33.1. The number of thioether (sulfide) groups is 1. The molecular weight excluding hydrogens is 314 g/mol. The van der Waals surface area contributed by atoms with Gasteiger partial charge in [-0.1, -0.05) is 6.92 Å². The number of rotatable bonds is 7. The quantitative estimate of drug-likeness (QED) is 0.474. The molecule has 0 aromatic heterocycles. The average Bonchev–Trinajstić information content (AvgIpc) is 3.02. The van der Waals surface area contributed by atoms with E-state index in [1.165, 1.54) is 4.90 Å². The predicted molar refractivity (Wildman–Crippen MR) is 90.0 cm³/mol. The Labute approximate surface area is 141 Å². The Hall–Kier alpha value is -1.05. The van der Waals surface area contributed by atoms with Crippen molar-refractivity contribution in [3.8, 4) is 0 Å². The summed E-state index contributed by atoms with van der Waals surface area (Å²) in [6, 6.07) is 0.585. The third-order valence-corrected chi connectivity index (χ3v) is 6.62. The fourth-order valence-corrected chi connectivity index (χ4v) is 5.35. The largest absolute Gasteiger partial charge is 0.477 e. The number of carbonyl (C=O) groups excluding carboxylic acids is 1. The van der Waals surface area contributed by atoms with Gasteiger partial charge in [0.1, 0.15) is 5.70 Å². The van der Waals surface area contributed by atoms with Gasteiger partial charge in [0.05, 0.1) is 6.04 Å². The van der Waals surface area contributed by atoms with E-state index in [-0.39, 0.29) is 23.6 Å². The van der Waals surface area contributed by atoms with Crippen molar-refractivity contribution in [2.75, 3.05) is 20.1 Å². The number of nitrogens with one attached hydrogen (secondary N) is 2. The van der Waals surface area contributed by atoms with Crippen molar-refractivity contribution in [3.05, 3.63) is 10.6 Å². The van der Waals surface area contributed by atoms with E-state index in [1.807, 2.05) is 7.05 Å². The van der Waals surface area contributed by atoms with Crippen LogP contribution in [0.15, 0.2) is 10.6 Å². The highest BCUT2D eigenvalue weighted by molar-refractivity contribution is 8.03. The molecule has 3 aliphatic rings. The standard InChI is InChI=1S/C16H25N3O3S/c1-9-12-7-13(20)19(12)14(16(21)22)15(9)23-11-6-10(18-8-11)4-3-5-17-2/h9-12,17-18H,3-8H2,1-2H3,(H,21,22). The number of hydrogen-bond acceptors (Lipinski definition) is 5. The smallest absolute Gasteiger partial charge is 0.353 e. The molecule has 0 aliphatic carbocycles. The van der Waals surface area contributed by atoms with E-state index in [0.717, 1.165) is 37.3 Å². The van der Waals surface area contributed by atoms with Crippen LogP contribution in [0.1, 0.15) is 32.6 Å². The van der Waals surface area contributed by atoms with E-state index < -0.39 is 5.97 Å². The zero-order chi connectivity index (χ0) is 16.6. The molecule has 0 spiro atoms. The molecule has 7 heteroatoms. The summed E-state index contributed by atoms with van der Waals surface area (Å²) in [6.45, 7) is 3.99.